The molecule has 0 spiro atoms. The largest absolute Gasteiger partial charge is 0.453 e. The Balaban J connectivity index is 1.71. The Kier molecular flexibility index (Phi) is 3.42. The molecule has 0 aliphatic carbocycles. The highest BCUT2D eigenvalue weighted by Crippen LogP contribution is 2.18. The minimum atomic E-state index is -0.670. The van der Waals surface area contributed by atoms with Crippen molar-refractivity contribution in [1.82, 2.24) is 15.0 Å². The van der Waals surface area contributed by atoms with Gasteiger partial charge in [0.25, 0.3) is 0 Å². The summed E-state index contributed by atoms with van der Waals surface area (Å²) < 4.78 is 4.96. The molecule has 3 aromatic rings. The van der Waals surface area contributed by atoms with Crippen LogP contribution in [0, 0.1) is 0 Å². The molecule has 2 aromatic heterocycles. The first-order chi connectivity index (χ1) is 10.3. The zero-order chi connectivity index (χ0) is 14.7. The third-order valence-electron chi connectivity index (χ3n) is 3.00. The Morgan fingerprint density at radius 3 is 2.86 bits per heavy atom. The molecule has 0 fully saturated rings. The van der Waals surface area contributed by atoms with Crippen molar-refractivity contribution in [1.29, 1.82) is 0 Å². The summed E-state index contributed by atoms with van der Waals surface area (Å²) in [5.74, 6) is -0.944. The number of ketones is 1. The number of nitrogens with one attached hydrogen (secondary N) is 1. The number of Topliss-reactive ketones (excluding diaryl/α,β-unsaturated/α-hetero) is 1. The predicted molar refractivity (Wildman–Crippen MR) is 74.9 cm³/mol. The third kappa shape index (κ3) is 2.64. The number of carbonyl (C=O) groups is 2. The number of fused-ring (bicyclic) bond motifs is 1. The number of hydrogen-bond donors (Lipinski definition) is 1. The molecule has 0 bridgehead atoms. The summed E-state index contributed by atoms with van der Waals surface area (Å²) in [4.78, 5) is 34.4. The highest BCUT2D eigenvalue weighted by Gasteiger charge is 2.15. The van der Waals surface area contributed by atoms with Crippen molar-refractivity contribution in [2.45, 2.75) is 0 Å². The van der Waals surface area contributed by atoms with Gasteiger partial charge in [0, 0.05) is 35.1 Å². The zero-order valence-corrected chi connectivity index (χ0v) is 10.9. The van der Waals surface area contributed by atoms with Crippen LogP contribution >= 0.6 is 0 Å². The van der Waals surface area contributed by atoms with E-state index in [1.54, 1.807) is 6.20 Å². The second-order valence-electron chi connectivity index (χ2n) is 4.34. The molecular weight excluding hydrogens is 270 g/mol. The van der Waals surface area contributed by atoms with Crippen LogP contribution < -0.4 is 0 Å². The first-order valence-electron chi connectivity index (χ1n) is 6.28. The summed E-state index contributed by atoms with van der Waals surface area (Å²) in [5, 5.41) is 0.804. The van der Waals surface area contributed by atoms with E-state index >= 15 is 0 Å². The lowest BCUT2D eigenvalue weighted by atomic mass is 10.1. The van der Waals surface area contributed by atoms with E-state index in [2.05, 4.69) is 15.0 Å². The van der Waals surface area contributed by atoms with E-state index in [1.807, 2.05) is 24.3 Å². The summed E-state index contributed by atoms with van der Waals surface area (Å²) in [6.07, 6.45) is 5.74. The number of para-hydroxylation sites is 1. The lowest BCUT2D eigenvalue weighted by Gasteiger charge is -2.02. The van der Waals surface area contributed by atoms with E-state index < -0.39 is 5.97 Å². The molecule has 1 aromatic carbocycles. The first-order valence-corrected chi connectivity index (χ1v) is 6.28. The fourth-order valence-electron chi connectivity index (χ4n) is 1.99. The number of nitrogens with zero attached hydrogens (tertiary/aromatic N) is 2. The number of aromatic amines is 1. The van der Waals surface area contributed by atoms with Crippen molar-refractivity contribution in [2.24, 2.45) is 0 Å². The molecule has 0 aliphatic rings. The van der Waals surface area contributed by atoms with Gasteiger partial charge in [0.1, 0.15) is 0 Å². The molecule has 21 heavy (non-hydrogen) atoms. The summed E-state index contributed by atoms with van der Waals surface area (Å²) >= 11 is 0. The van der Waals surface area contributed by atoms with Crippen LogP contribution in [-0.2, 0) is 4.74 Å². The molecule has 6 nitrogen and oxygen atoms in total. The number of benzene rings is 1. The SMILES string of the molecule is O=C(OCC(=O)c1c[nH]c2ccccc12)c1cnccn1. The topological polar surface area (TPSA) is 84.9 Å². The van der Waals surface area contributed by atoms with Crippen molar-refractivity contribution < 1.29 is 14.3 Å². The predicted octanol–water partition coefficient (Wildman–Crippen LogP) is 2.00. The maximum Gasteiger partial charge on any atom is 0.358 e. The maximum absolute atomic E-state index is 12.1. The molecular formula is C15H11N3O3. The van der Waals surface area contributed by atoms with Crippen molar-refractivity contribution in [3.63, 3.8) is 0 Å². The molecule has 0 saturated heterocycles. The first kappa shape index (κ1) is 13.0. The van der Waals surface area contributed by atoms with E-state index in [1.165, 1.54) is 18.6 Å². The van der Waals surface area contributed by atoms with Crippen LogP contribution in [0.3, 0.4) is 0 Å². The van der Waals surface area contributed by atoms with Crippen LogP contribution in [-0.4, -0.2) is 33.3 Å². The molecule has 104 valence electrons. The molecule has 2 heterocycles. The van der Waals surface area contributed by atoms with Gasteiger partial charge in [0.05, 0.1) is 6.20 Å². The van der Waals surface area contributed by atoms with E-state index in [-0.39, 0.29) is 18.1 Å². The number of ether oxygens (including phenoxy) is 1. The molecule has 0 saturated carbocycles. The Bertz CT molecular complexity index is 796. The molecule has 0 radical (unpaired) electrons. The summed E-state index contributed by atoms with van der Waals surface area (Å²) in [5.41, 5.74) is 1.43. The van der Waals surface area contributed by atoms with Gasteiger partial charge in [0.2, 0.25) is 5.78 Å². The molecule has 0 atom stereocenters. The monoisotopic (exact) mass is 281 g/mol. The van der Waals surface area contributed by atoms with Crippen LogP contribution in [0.15, 0.2) is 49.1 Å². The number of rotatable bonds is 4. The number of H-pyrrole nitrogens is 1. The van der Waals surface area contributed by atoms with Crippen molar-refractivity contribution >= 4 is 22.7 Å². The Morgan fingerprint density at radius 1 is 1.19 bits per heavy atom. The Labute approximate surface area is 119 Å². The standard InChI is InChI=1S/C15H11N3O3/c19-14(9-21-15(20)13-8-16-5-6-17-13)11-7-18-12-4-2-1-3-10(11)12/h1-8,18H,9H2. The lowest BCUT2D eigenvalue weighted by Crippen LogP contribution is -2.15. The summed E-state index contributed by atoms with van der Waals surface area (Å²) in [6, 6.07) is 7.43. The van der Waals surface area contributed by atoms with Gasteiger partial charge < -0.3 is 9.72 Å². The second kappa shape index (κ2) is 5.54. The summed E-state index contributed by atoms with van der Waals surface area (Å²) in [7, 11) is 0. The molecule has 0 aliphatic heterocycles. The van der Waals surface area contributed by atoms with Crippen LogP contribution in [0.4, 0.5) is 0 Å². The molecule has 6 heteroatoms. The minimum Gasteiger partial charge on any atom is -0.453 e. The summed E-state index contributed by atoms with van der Waals surface area (Å²) in [6.45, 7) is -0.336. The van der Waals surface area contributed by atoms with Crippen molar-refractivity contribution in [3.8, 4) is 0 Å². The van der Waals surface area contributed by atoms with E-state index in [0.29, 0.717) is 5.56 Å². The van der Waals surface area contributed by atoms with Crippen molar-refractivity contribution in [3.05, 3.63) is 60.3 Å². The Hall–Kier alpha value is -3.02. The van der Waals surface area contributed by atoms with Gasteiger partial charge >= 0.3 is 5.97 Å². The lowest BCUT2D eigenvalue weighted by molar-refractivity contribution is 0.0469. The van der Waals surface area contributed by atoms with Crippen LogP contribution in [0.25, 0.3) is 10.9 Å². The van der Waals surface area contributed by atoms with Crippen molar-refractivity contribution in [2.75, 3.05) is 6.61 Å². The van der Waals surface area contributed by atoms with Crippen LogP contribution in [0.1, 0.15) is 20.8 Å². The quantitative estimate of drug-likeness (QED) is 0.584. The van der Waals surface area contributed by atoms with Gasteiger partial charge in [-0.2, -0.15) is 0 Å². The molecule has 0 amide bonds. The van der Waals surface area contributed by atoms with E-state index in [9.17, 15) is 9.59 Å². The number of hydrogen-bond acceptors (Lipinski definition) is 5. The number of aromatic nitrogens is 3. The number of esters is 1. The minimum absolute atomic E-state index is 0.0734. The normalized spacial score (nSPS) is 10.5. The van der Waals surface area contributed by atoms with Gasteiger partial charge in [-0.05, 0) is 6.07 Å². The fraction of sp³-hybridized carbons (Fsp3) is 0.0667. The highest BCUT2D eigenvalue weighted by molar-refractivity contribution is 6.09. The van der Waals surface area contributed by atoms with Gasteiger partial charge in [-0.25, -0.2) is 9.78 Å². The smallest absolute Gasteiger partial charge is 0.358 e. The van der Waals surface area contributed by atoms with E-state index in [0.717, 1.165) is 10.9 Å². The van der Waals surface area contributed by atoms with Gasteiger partial charge in [-0.3, -0.25) is 9.78 Å². The maximum atomic E-state index is 12.1. The molecule has 0 unspecified atom stereocenters. The van der Waals surface area contributed by atoms with Gasteiger partial charge in [-0.1, -0.05) is 18.2 Å². The average Bonchev–Trinajstić information content (AvgIpc) is 2.97. The zero-order valence-electron chi connectivity index (χ0n) is 10.9. The van der Waals surface area contributed by atoms with Crippen LogP contribution in [0.2, 0.25) is 0 Å². The molecule has 1 N–H and O–H groups in total. The Morgan fingerprint density at radius 2 is 2.05 bits per heavy atom. The third-order valence-corrected chi connectivity index (χ3v) is 3.00. The highest BCUT2D eigenvalue weighted by atomic mass is 16.5. The fourth-order valence-corrected chi connectivity index (χ4v) is 1.99. The average molecular weight is 281 g/mol. The second-order valence-corrected chi connectivity index (χ2v) is 4.34. The number of carbonyl (C=O) groups excluding carboxylic acids is 2. The van der Waals surface area contributed by atoms with Crippen LogP contribution in [0.5, 0.6) is 0 Å². The van der Waals surface area contributed by atoms with Gasteiger partial charge in [-0.15, -0.1) is 0 Å². The molecule has 3 rings (SSSR count). The van der Waals surface area contributed by atoms with Gasteiger partial charge in [0.15, 0.2) is 12.3 Å². The van der Waals surface area contributed by atoms with E-state index in [4.69, 9.17) is 4.74 Å².